The fraction of sp³-hybridized carbons (Fsp3) is 0. The number of anilines is 2. The Labute approximate surface area is 85.7 Å². The van der Waals surface area contributed by atoms with Crippen molar-refractivity contribution in [3.63, 3.8) is 0 Å². The van der Waals surface area contributed by atoms with E-state index >= 15 is 0 Å². The van der Waals surface area contributed by atoms with Crippen LogP contribution in [0, 0.1) is 0 Å². The summed E-state index contributed by atoms with van der Waals surface area (Å²) in [4.78, 5) is 10.6. The Balaban J connectivity index is 3.00. The zero-order chi connectivity index (χ0) is 10.7. The Kier molecular flexibility index (Phi) is 2.88. The lowest BCUT2D eigenvalue weighted by molar-refractivity contribution is 0.0698. The fourth-order valence-electron chi connectivity index (χ4n) is 0.978. The molecule has 1 rings (SSSR count). The van der Waals surface area contributed by atoms with Gasteiger partial charge in [0, 0.05) is 11.4 Å². The second kappa shape index (κ2) is 3.93. The van der Waals surface area contributed by atoms with Crippen LogP contribution in [-0.2, 0) is 0 Å². The number of hydrogen-bond donors (Lipinski definition) is 4. The Morgan fingerprint density at radius 1 is 1.50 bits per heavy atom. The van der Waals surface area contributed by atoms with Gasteiger partial charge in [-0.3, -0.25) is 0 Å². The molecular formula is C8H9N3O2S. The monoisotopic (exact) mass is 211 g/mol. The predicted octanol–water partition coefficient (Wildman–Crippen LogP) is 0.622. The highest BCUT2D eigenvalue weighted by Crippen LogP contribution is 2.17. The SMILES string of the molecule is NC(=S)Nc1ccc(C(=O)O)c(N)c1. The number of carbonyl (C=O) groups is 1. The first-order valence-corrected chi connectivity index (χ1v) is 4.11. The van der Waals surface area contributed by atoms with Crippen molar-refractivity contribution in [2.24, 2.45) is 5.73 Å². The van der Waals surface area contributed by atoms with Crippen LogP contribution in [0.15, 0.2) is 18.2 Å². The first-order chi connectivity index (χ1) is 6.50. The van der Waals surface area contributed by atoms with Crippen molar-refractivity contribution in [3.8, 4) is 0 Å². The molecule has 0 aromatic heterocycles. The summed E-state index contributed by atoms with van der Waals surface area (Å²) in [6.45, 7) is 0. The summed E-state index contributed by atoms with van der Waals surface area (Å²) >= 11 is 4.61. The molecule has 14 heavy (non-hydrogen) atoms. The first kappa shape index (κ1) is 10.3. The van der Waals surface area contributed by atoms with Gasteiger partial charge in [-0.1, -0.05) is 0 Å². The van der Waals surface area contributed by atoms with Gasteiger partial charge in [0.1, 0.15) is 0 Å². The molecule has 1 aromatic rings. The number of nitrogens with one attached hydrogen (secondary N) is 1. The molecule has 0 fully saturated rings. The van der Waals surface area contributed by atoms with Gasteiger partial charge in [0.2, 0.25) is 0 Å². The number of rotatable bonds is 2. The van der Waals surface area contributed by atoms with Gasteiger partial charge in [-0.15, -0.1) is 0 Å². The molecule has 0 amide bonds. The normalized spacial score (nSPS) is 9.43. The zero-order valence-corrected chi connectivity index (χ0v) is 7.97. The summed E-state index contributed by atoms with van der Waals surface area (Å²) in [5.41, 5.74) is 11.5. The van der Waals surface area contributed by atoms with E-state index in [0.29, 0.717) is 5.69 Å². The molecule has 0 heterocycles. The van der Waals surface area contributed by atoms with Gasteiger partial charge in [-0.05, 0) is 30.4 Å². The van der Waals surface area contributed by atoms with Gasteiger partial charge < -0.3 is 21.9 Å². The molecule has 0 saturated heterocycles. The molecule has 0 radical (unpaired) electrons. The molecular weight excluding hydrogens is 202 g/mol. The van der Waals surface area contributed by atoms with Crippen molar-refractivity contribution in [3.05, 3.63) is 23.8 Å². The highest BCUT2D eigenvalue weighted by Gasteiger charge is 2.07. The maximum absolute atomic E-state index is 10.6. The highest BCUT2D eigenvalue weighted by atomic mass is 32.1. The van der Waals surface area contributed by atoms with E-state index in [1.807, 2.05) is 0 Å². The average Bonchev–Trinajstić information content (AvgIpc) is 2.01. The first-order valence-electron chi connectivity index (χ1n) is 3.70. The Bertz CT molecular complexity index is 392. The number of nitrogens with two attached hydrogens (primary N) is 2. The predicted molar refractivity (Wildman–Crippen MR) is 58.2 cm³/mol. The third kappa shape index (κ3) is 2.33. The molecule has 0 bridgehead atoms. The van der Waals surface area contributed by atoms with Gasteiger partial charge in [-0.25, -0.2) is 4.79 Å². The van der Waals surface area contributed by atoms with Crippen molar-refractivity contribution in [2.45, 2.75) is 0 Å². The number of hydrogen-bond acceptors (Lipinski definition) is 3. The molecule has 0 saturated carbocycles. The van der Waals surface area contributed by atoms with Crippen molar-refractivity contribution < 1.29 is 9.90 Å². The van der Waals surface area contributed by atoms with E-state index in [0.717, 1.165) is 0 Å². The van der Waals surface area contributed by atoms with Gasteiger partial charge in [0.25, 0.3) is 0 Å². The van der Waals surface area contributed by atoms with E-state index in [4.69, 9.17) is 16.6 Å². The lowest BCUT2D eigenvalue weighted by Gasteiger charge is -2.06. The maximum atomic E-state index is 10.6. The smallest absolute Gasteiger partial charge is 0.337 e. The molecule has 0 aliphatic rings. The van der Waals surface area contributed by atoms with E-state index in [1.165, 1.54) is 12.1 Å². The number of carboxylic acids is 1. The van der Waals surface area contributed by atoms with Crippen LogP contribution in [-0.4, -0.2) is 16.2 Å². The van der Waals surface area contributed by atoms with E-state index in [9.17, 15) is 4.79 Å². The molecule has 6 heteroatoms. The number of carboxylic acid groups (broad SMARTS) is 1. The number of benzene rings is 1. The largest absolute Gasteiger partial charge is 0.478 e. The standard InChI is InChI=1S/C8H9N3O2S/c9-6-3-4(11-8(10)14)1-2-5(6)7(12)13/h1-3H,9H2,(H,12,13)(H3,10,11,14). The summed E-state index contributed by atoms with van der Waals surface area (Å²) in [5.74, 6) is -1.07. The van der Waals surface area contributed by atoms with Gasteiger partial charge in [0.05, 0.1) is 5.56 Å². The van der Waals surface area contributed by atoms with Gasteiger partial charge in [0.15, 0.2) is 5.11 Å². The van der Waals surface area contributed by atoms with Crippen LogP contribution in [0.4, 0.5) is 11.4 Å². The van der Waals surface area contributed by atoms with Crippen LogP contribution in [0.2, 0.25) is 0 Å². The second-order valence-corrected chi connectivity index (χ2v) is 3.04. The molecule has 6 N–H and O–H groups in total. The van der Waals surface area contributed by atoms with Gasteiger partial charge >= 0.3 is 5.97 Å². The molecule has 0 aliphatic carbocycles. The van der Waals surface area contributed by atoms with Gasteiger partial charge in [-0.2, -0.15) is 0 Å². The van der Waals surface area contributed by atoms with Crippen molar-refractivity contribution in [1.82, 2.24) is 0 Å². The quantitative estimate of drug-likeness (QED) is 0.422. The maximum Gasteiger partial charge on any atom is 0.337 e. The summed E-state index contributed by atoms with van der Waals surface area (Å²) in [7, 11) is 0. The molecule has 0 atom stereocenters. The average molecular weight is 211 g/mol. The topological polar surface area (TPSA) is 101 Å². The zero-order valence-electron chi connectivity index (χ0n) is 7.15. The molecule has 5 nitrogen and oxygen atoms in total. The minimum Gasteiger partial charge on any atom is -0.478 e. The van der Waals surface area contributed by atoms with Crippen LogP contribution < -0.4 is 16.8 Å². The third-order valence-electron chi connectivity index (χ3n) is 1.55. The third-order valence-corrected chi connectivity index (χ3v) is 1.65. The minimum atomic E-state index is -1.07. The van der Waals surface area contributed by atoms with Crippen LogP contribution in [0.25, 0.3) is 0 Å². The van der Waals surface area contributed by atoms with Crippen molar-refractivity contribution >= 4 is 34.7 Å². The number of aromatic carboxylic acids is 1. The fourth-order valence-corrected chi connectivity index (χ4v) is 1.10. The minimum absolute atomic E-state index is 0.0542. The summed E-state index contributed by atoms with van der Waals surface area (Å²) < 4.78 is 0. The summed E-state index contributed by atoms with van der Waals surface area (Å²) in [6.07, 6.45) is 0. The van der Waals surface area contributed by atoms with E-state index in [-0.39, 0.29) is 16.4 Å². The molecule has 0 aliphatic heterocycles. The molecule has 1 aromatic carbocycles. The summed E-state index contributed by atoms with van der Waals surface area (Å²) in [5, 5.41) is 11.4. The highest BCUT2D eigenvalue weighted by molar-refractivity contribution is 7.80. The second-order valence-electron chi connectivity index (χ2n) is 2.60. The molecule has 0 spiro atoms. The Morgan fingerprint density at radius 3 is 2.57 bits per heavy atom. The Morgan fingerprint density at radius 2 is 2.14 bits per heavy atom. The number of thiocarbonyl (C=S) groups is 1. The molecule has 0 unspecified atom stereocenters. The Hall–Kier alpha value is -1.82. The van der Waals surface area contributed by atoms with Crippen LogP contribution >= 0.6 is 12.2 Å². The lowest BCUT2D eigenvalue weighted by Crippen LogP contribution is -2.19. The van der Waals surface area contributed by atoms with Crippen molar-refractivity contribution in [1.29, 1.82) is 0 Å². The summed E-state index contributed by atoms with van der Waals surface area (Å²) in [6, 6.07) is 4.39. The van der Waals surface area contributed by atoms with Crippen LogP contribution in [0.1, 0.15) is 10.4 Å². The van der Waals surface area contributed by atoms with E-state index in [1.54, 1.807) is 6.07 Å². The lowest BCUT2D eigenvalue weighted by atomic mass is 10.1. The van der Waals surface area contributed by atoms with Crippen LogP contribution in [0.5, 0.6) is 0 Å². The van der Waals surface area contributed by atoms with E-state index < -0.39 is 5.97 Å². The van der Waals surface area contributed by atoms with Crippen LogP contribution in [0.3, 0.4) is 0 Å². The number of nitrogen functional groups attached to an aromatic ring is 1. The van der Waals surface area contributed by atoms with Crippen molar-refractivity contribution in [2.75, 3.05) is 11.1 Å². The van der Waals surface area contributed by atoms with E-state index in [2.05, 4.69) is 17.5 Å². The molecule has 74 valence electrons.